The molecule has 90 valence electrons. The number of nitrogens with zero attached hydrogens (tertiary/aromatic N) is 2. The van der Waals surface area contributed by atoms with E-state index < -0.39 is 0 Å². The van der Waals surface area contributed by atoms with Crippen LogP contribution in [0.15, 0.2) is 0 Å². The van der Waals surface area contributed by atoms with Gasteiger partial charge in [0.15, 0.2) is 0 Å². The lowest BCUT2D eigenvalue weighted by atomic mass is 10.2. The summed E-state index contributed by atoms with van der Waals surface area (Å²) in [6.45, 7) is 3.59. The zero-order valence-corrected chi connectivity index (χ0v) is 9.95. The molecule has 0 unspecified atom stereocenters. The molecule has 0 saturated heterocycles. The molecule has 0 aromatic rings. The topological polar surface area (TPSA) is 53.3 Å². The molecule has 1 saturated carbocycles. The molecular formula is C12H20N2O2. The van der Waals surface area contributed by atoms with E-state index in [1.54, 1.807) is 0 Å². The summed E-state index contributed by atoms with van der Waals surface area (Å²) in [5.41, 5.74) is 0. The normalized spacial score (nSPS) is 14.8. The molecule has 0 aromatic carbocycles. The summed E-state index contributed by atoms with van der Waals surface area (Å²) in [5, 5.41) is 8.43. The van der Waals surface area contributed by atoms with E-state index in [1.165, 1.54) is 12.8 Å². The van der Waals surface area contributed by atoms with Gasteiger partial charge in [-0.15, -0.1) is 0 Å². The first-order valence-corrected chi connectivity index (χ1v) is 6.04. The summed E-state index contributed by atoms with van der Waals surface area (Å²) in [6.07, 6.45) is 4.90. The molecule has 0 N–H and O–H groups in total. The molecule has 1 aliphatic rings. The molecule has 16 heavy (non-hydrogen) atoms. The highest BCUT2D eigenvalue weighted by molar-refractivity contribution is 5.71. The first-order valence-electron chi connectivity index (χ1n) is 6.04. The van der Waals surface area contributed by atoms with Crippen molar-refractivity contribution in [2.24, 2.45) is 0 Å². The van der Waals surface area contributed by atoms with Gasteiger partial charge in [-0.05, 0) is 39.2 Å². The van der Waals surface area contributed by atoms with E-state index in [-0.39, 0.29) is 5.97 Å². The van der Waals surface area contributed by atoms with Crippen molar-refractivity contribution in [3.8, 4) is 6.07 Å². The second-order valence-electron chi connectivity index (χ2n) is 4.12. The van der Waals surface area contributed by atoms with Gasteiger partial charge in [-0.1, -0.05) is 0 Å². The van der Waals surface area contributed by atoms with Crippen LogP contribution in [0.3, 0.4) is 0 Å². The number of unbranched alkanes of at least 4 members (excludes halogenated alkanes) is 2. The maximum absolute atomic E-state index is 11.4. The third kappa shape index (κ3) is 5.13. The Balaban J connectivity index is 2.20. The lowest BCUT2D eigenvalue weighted by Gasteiger charge is -2.20. The second-order valence-corrected chi connectivity index (χ2v) is 4.12. The molecule has 0 bridgehead atoms. The van der Waals surface area contributed by atoms with Crippen molar-refractivity contribution in [3.05, 3.63) is 0 Å². The number of hydrogen-bond donors (Lipinski definition) is 0. The van der Waals surface area contributed by atoms with Crippen molar-refractivity contribution in [2.45, 2.75) is 45.1 Å². The summed E-state index contributed by atoms with van der Waals surface area (Å²) in [7, 11) is 0. The highest BCUT2D eigenvalue weighted by atomic mass is 16.5. The summed E-state index contributed by atoms with van der Waals surface area (Å²) in [5.74, 6) is -0.130. The Labute approximate surface area is 97.2 Å². The molecule has 0 aromatic heterocycles. The van der Waals surface area contributed by atoms with E-state index in [2.05, 4.69) is 11.0 Å². The van der Waals surface area contributed by atoms with Crippen LogP contribution < -0.4 is 0 Å². The van der Waals surface area contributed by atoms with Crippen LogP contribution in [0.25, 0.3) is 0 Å². The van der Waals surface area contributed by atoms with Gasteiger partial charge in [0.25, 0.3) is 0 Å². The third-order valence-corrected chi connectivity index (χ3v) is 2.68. The van der Waals surface area contributed by atoms with Gasteiger partial charge >= 0.3 is 5.97 Å². The first kappa shape index (κ1) is 13.0. The maximum atomic E-state index is 11.4. The standard InChI is InChI=1S/C12H20N2O2/c1-2-16-12(15)10-14(11-6-7-11)9-5-3-4-8-13/h11H,2-7,9-10H2,1H3. The predicted octanol–water partition coefficient (Wildman–Crippen LogP) is 1.71. The van der Waals surface area contributed by atoms with Gasteiger partial charge in [-0.25, -0.2) is 0 Å². The monoisotopic (exact) mass is 224 g/mol. The van der Waals surface area contributed by atoms with E-state index in [1.807, 2.05) is 6.92 Å². The summed E-state index contributed by atoms with van der Waals surface area (Å²) >= 11 is 0. The van der Waals surface area contributed by atoms with Crippen molar-refractivity contribution < 1.29 is 9.53 Å². The Kier molecular flexibility index (Phi) is 5.87. The SMILES string of the molecule is CCOC(=O)CN(CCCCC#N)C1CC1. The second kappa shape index (κ2) is 7.24. The zero-order valence-electron chi connectivity index (χ0n) is 9.95. The zero-order chi connectivity index (χ0) is 11.8. The van der Waals surface area contributed by atoms with Crippen molar-refractivity contribution in [3.63, 3.8) is 0 Å². The van der Waals surface area contributed by atoms with Crippen molar-refractivity contribution in [1.29, 1.82) is 5.26 Å². The van der Waals surface area contributed by atoms with Gasteiger partial charge in [-0.3, -0.25) is 9.69 Å². The number of esters is 1. The summed E-state index contributed by atoms with van der Waals surface area (Å²) < 4.78 is 4.94. The fourth-order valence-corrected chi connectivity index (χ4v) is 1.72. The Morgan fingerprint density at radius 2 is 2.25 bits per heavy atom. The Bertz CT molecular complexity index is 256. The molecule has 0 amide bonds. The van der Waals surface area contributed by atoms with Gasteiger partial charge < -0.3 is 4.74 Å². The van der Waals surface area contributed by atoms with Crippen LogP contribution in [0.2, 0.25) is 0 Å². The van der Waals surface area contributed by atoms with E-state index in [4.69, 9.17) is 10.00 Å². The number of nitriles is 1. The molecule has 0 aliphatic heterocycles. The maximum Gasteiger partial charge on any atom is 0.320 e. The lowest BCUT2D eigenvalue weighted by Crippen LogP contribution is -2.33. The number of rotatable bonds is 8. The lowest BCUT2D eigenvalue weighted by molar-refractivity contribution is -0.144. The molecular weight excluding hydrogens is 204 g/mol. The number of hydrogen-bond acceptors (Lipinski definition) is 4. The average molecular weight is 224 g/mol. The molecule has 0 heterocycles. The van der Waals surface area contributed by atoms with Crippen molar-refractivity contribution in [1.82, 2.24) is 4.90 Å². The fraction of sp³-hybridized carbons (Fsp3) is 0.833. The van der Waals surface area contributed by atoms with Crippen molar-refractivity contribution >= 4 is 5.97 Å². The Morgan fingerprint density at radius 3 is 2.81 bits per heavy atom. The summed E-state index contributed by atoms with van der Waals surface area (Å²) in [6, 6.07) is 2.71. The van der Waals surface area contributed by atoms with Gasteiger partial charge in [0.05, 0.1) is 19.2 Å². The molecule has 4 heteroatoms. The molecule has 1 aliphatic carbocycles. The van der Waals surface area contributed by atoms with E-state index >= 15 is 0 Å². The highest BCUT2D eigenvalue weighted by Gasteiger charge is 2.29. The van der Waals surface area contributed by atoms with Gasteiger partial charge in [0, 0.05) is 12.5 Å². The van der Waals surface area contributed by atoms with Gasteiger partial charge in [0.2, 0.25) is 0 Å². The van der Waals surface area contributed by atoms with Crippen LogP contribution in [0, 0.1) is 11.3 Å². The summed E-state index contributed by atoms with van der Waals surface area (Å²) in [4.78, 5) is 13.5. The molecule has 1 fully saturated rings. The van der Waals surface area contributed by atoms with E-state index in [0.717, 1.165) is 19.4 Å². The van der Waals surface area contributed by atoms with E-state index in [9.17, 15) is 4.79 Å². The smallest absolute Gasteiger partial charge is 0.320 e. The fourth-order valence-electron chi connectivity index (χ4n) is 1.72. The van der Waals surface area contributed by atoms with Crippen LogP contribution in [-0.2, 0) is 9.53 Å². The molecule has 1 rings (SSSR count). The number of ether oxygens (including phenoxy) is 1. The molecule has 0 atom stereocenters. The van der Waals surface area contributed by atoms with Crippen LogP contribution in [0.1, 0.15) is 39.0 Å². The third-order valence-electron chi connectivity index (χ3n) is 2.68. The minimum atomic E-state index is -0.130. The molecule has 4 nitrogen and oxygen atoms in total. The Morgan fingerprint density at radius 1 is 1.50 bits per heavy atom. The minimum Gasteiger partial charge on any atom is -0.465 e. The predicted molar refractivity (Wildman–Crippen MR) is 60.7 cm³/mol. The first-order chi connectivity index (χ1) is 7.77. The number of carbonyl (C=O) groups excluding carboxylic acids is 1. The molecule has 0 spiro atoms. The average Bonchev–Trinajstić information content (AvgIpc) is 3.06. The van der Waals surface area contributed by atoms with Crippen LogP contribution in [0.4, 0.5) is 0 Å². The van der Waals surface area contributed by atoms with Crippen LogP contribution in [-0.4, -0.2) is 36.6 Å². The van der Waals surface area contributed by atoms with E-state index in [0.29, 0.717) is 25.6 Å². The molecule has 0 radical (unpaired) electrons. The van der Waals surface area contributed by atoms with Gasteiger partial charge in [-0.2, -0.15) is 5.26 Å². The van der Waals surface area contributed by atoms with Crippen LogP contribution in [0.5, 0.6) is 0 Å². The highest BCUT2D eigenvalue weighted by Crippen LogP contribution is 2.26. The van der Waals surface area contributed by atoms with Gasteiger partial charge in [0.1, 0.15) is 0 Å². The quantitative estimate of drug-likeness (QED) is 0.465. The minimum absolute atomic E-state index is 0.130. The number of carbonyl (C=O) groups is 1. The largest absolute Gasteiger partial charge is 0.465 e. The Hall–Kier alpha value is -1.08. The van der Waals surface area contributed by atoms with Crippen LogP contribution >= 0.6 is 0 Å². The van der Waals surface area contributed by atoms with Crippen molar-refractivity contribution in [2.75, 3.05) is 19.7 Å².